The normalized spacial score (nSPS) is 20.8. The molecule has 0 aliphatic carbocycles. The minimum Gasteiger partial charge on any atom is -0.300 e. The van der Waals surface area contributed by atoms with E-state index in [0.717, 1.165) is 0 Å². The number of benzene rings is 3. The average molecular weight is 513 g/mol. The average Bonchev–Trinajstić information content (AvgIpc) is 2.77. The van der Waals surface area contributed by atoms with Crippen LogP contribution in [0, 0.1) is 38.5 Å². The molecule has 0 aromatic heterocycles. The van der Waals surface area contributed by atoms with Crippen LogP contribution in [-0.2, 0) is 4.79 Å². The molecule has 1 nitrogen and oxygen atoms in total. The van der Waals surface area contributed by atoms with Gasteiger partial charge in [0.2, 0.25) is 0 Å². The molecule has 1 aliphatic heterocycles. The van der Waals surface area contributed by atoms with Crippen LogP contribution in [0.5, 0.6) is 0 Å². The van der Waals surface area contributed by atoms with E-state index in [9.17, 15) is 4.79 Å². The predicted octanol–water partition coefficient (Wildman–Crippen LogP) is 9.55. The first kappa shape index (κ1) is 27.8. The number of carbonyl (C=O) groups is 1. The smallest absolute Gasteiger partial charge is 0.134 e. The largest absolute Gasteiger partial charge is 0.300 e. The summed E-state index contributed by atoms with van der Waals surface area (Å²) >= 11 is 0. The molecule has 37 heavy (non-hydrogen) atoms. The van der Waals surface area contributed by atoms with Gasteiger partial charge in [0.1, 0.15) is 5.78 Å². The molecule has 1 aliphatic rings. The van der Waals surface area contributed by atoms with E-state index in [1.54, 1.807) is 0 Å². The summed E-state index contributed by atoms with van der Waals surface area (Å²) in [6.07, 6.45) is 1.38. The highest BCUT2D eigenvalue weighted by Gasteiger charge is 2.48. The Balaban J connectivity index is 2.18. The summed E-state index contributed by atoms with van der Waals surface area (Å²) in [4.78, 5) is 13.3. The zero-order valence-corrected chi connectivity index (χ0v) is 25.5. The molecule has 3 aromatic carbocycles. The molecule has 1 saturated heterocycles. The van der Waals surface area contributed by atoms with Gasteiger partial charge in [-0.05, 0) is 99.7 Å². The Hall–Kier alpha value is -2.24. The van der Waals surface area contributed by atoms with E-state index < -0.39 is 7.92 Å². The number of carbonyl (C=O) groups excluding carboxylic acids is 1. The van der Waals surface area contributed by atoms with Gasteiger partial charge in [0.05, 0.1) is 0 Å². The molecule has 0 bridgehead atoms. The minimum atomic E-state index is -0.656. The first-order valence-electron chi connectivity index (χ1n) is 13.8. The molecule has 0 N–H and O–H groups in total. The monoisotopic (exact) mass is 512 g/mol. The summed E-state index contributed by atoms with van der Waals surface area (Å²) in [5.74, 6) is 0.441. The van der Waals surface area contributed by atoms with Crippen molar-refractivity contribution < 1.29 is 4.79 Å². The molecule has 0 radical (unpaired) electrons. The lowest BCUT2D eigenvalue weighted by atomic mass is 9.84. The third-order valence-corrected chi connectivity index (χ3v) is 12.6. The van der Waals surface area contributed by atoms with Crippen LogP contribution < -0.4 is 5.30 Å². The molecule has 2 heteroatoms. The number of rotatable bonds is 3. The number of hydrogen-bond acceptors (Lipinski definition) is 1. The second-order valence-electron chi connectivity index (χ2n) is 13.4. The van der Waals surface area contributed by atoms with Crippen LogP contribution >= 0.6 is 7.92 Å². The third-order valence-electron chi connectivity index (χ3n) is 8.31. The van der Waals surface area contributed by atoms with Crippen molar-refractivity contribution in [1.82, 2.24) is 0 Å². The van der Waals surface area contributed by atoms with Gasteiger partial charge in [0.15, 0.2) is 0 Å². The van der Waals surface area contributed by atoms with Crippen LogP contribution in [0.15, 0.2) is 54.6 Å². The van der Waals surface area contributed by atoms with Crippen molar-refractivity contribution in [2.75, 3.05) is 0 Å². The predicted molar refractivity (Wildman–Crippen MR) is 164 cm³/mol. The van der Waals surface area contributed by atoms with Crippen LogP contribution in [0.3, 0.4) is 0 Å². The highest BCUT2D eigenvalue weighted by Crippen LogP contribution is 2.63. The molecule has 1 fully saturated rings. The van der Waals surface area contributed by atoms with Gasteiger partial charge in [0.25, 0.3) is 0 Å². The fourth-order valence-electron chi connectivity index (χ4n) is 6.39. The molecule has 2 unspecified atom stereocenters. The van der Waals surface area contributed by atoms with E-state index in [1.807, 2.05) is 0 Å². The summed E-state index contributed by atoms with van der Waals surface area (Å²) < 4.78 is 0. The van der Waals surface area contributed by atoms with Crippen molar-refractivity contribution in [3.8, 4) is 22.3 Å². The van der Waals surface area contributed by atoms with Crippen LogP contribution in [-0.4, -0.2) is 17.1 Å². The lowest BCUT2D eigenvalue weighted by Crippen LogP contribution is -2.44. The summed E-state index contributed by atoms with van der Waals surface area (Å²) in [5, 5.41) is 1.51. The van der Waals surface area contributed by atoms with Gasteiger partial charge in [-0.3, -0.25) is 4.79 Å². The molecular formula is C35H45OP. The summed E-state index contributed by atoms with van der Waals surface area (Å²) in [6, 6.07) is 20.3. The third kappa shape index (κ3) is 5.35. The molecule has 196 valence electrons. The molecule has 0 saturated carbocycles. The zero-order chi connectivity index (χ0) is 27.3. The SMILES string of the molecule is Cc1cccc(C)c1-c1cccc(-c2c(C)cccc2C)c1P1C(C(C)(C)C)CC(=O)CC1C(C)(C)C. The van der Waals surface area contributed by atoms with E-state index >= 15 is 0 Å². The van der Waals surface area contributed by atoms with Crippen molar-refractivity contribution in [2.24, 2.45) is 10.8 Å². The Labute approximate surface area is 226 Å². The highest BCUT2D eigenvalue weighted by atomic mass is 31.1. The van der Waals surface area contributed by atoms with Crippen LogP contribution in [0.2, 0.25) is 0 Å². The highest BCUT2D eigenvalue weighted by molar-refractivity contribution is 7.68. The lowest BCUT2D eigenvalue weighted by molar-refractivity contribution is -0.120. The maximum absolute atomic E-state index is 13.3. The maximum atomic E-state index is 13.3. The van der Waals surface area contributed by atoms with Crippen molar-refractivity contribution in [1.29, 1.82) is 0 Å². The summed E-state index contributed by atoms with van der Waals surface area (Å²) in [6.45, 7) is 23.1. The van der Waals surface area contributed by atoms with Gasteiger partial charge >= 0.3 is 0 Å². The molecular weight excluding hydrogens is 467 g/mol. The Bertz CT molecular complexity index is 1180. The van der Waals surface area contributed by atoms with E-state index in [-0.39, 0.29) is 10.8 Å². The molecule has 0 amide bonds. The number of ketones is 1. The van der Waals surface area contributed by atoms with E-state index in [2.05, 4.69) is 124 Å². The minimum absolute atomic E-state index is 0.0389. The molecule has 1 heterocycles. The second kappa shape index (κ2) is 10.1. The summed E-state index contributed by atoms with van der Waals surface area (Å²) in [5.41, 5.74) is 11.5. The molecule has 3 aromatic rings. The van der Waals surface area contributed by atoms with Crippen molar-refractivity contribution in [2.45, 2.75) is 93.4 Å². The van der Waals surface area contributed by atoms with Crippen molar-refractivity contribution in [3.63, 3.8) is 0 Å². The Morgan fingerprint density at radius 1 is 0.595 bits per heavy atom. The summed E-state index contributed by atoms with van der Waals surface area (Å²) in [7, 11) is -0.656. The van der Waals surface area contributed by atoms with Gasteiger partial charge in [-0.15, -0.1) is 0 Å². The fraction of sp³-hybridized carbons (Fsp3) is 0.457. The van der Waals surface area contributed by atoms with E-state index in [0.29, 0.717) is 29.9 Å². The van der Waals surface area contributed by atoms with Gasteiger partial charge in [-0.25, -0.2) is 0 Å². The zero-order valence-electron chi connectivity index (χ0n) is 24.6. The number of Topliss-reactive ketones (excluding diaryl/α,β-unsaturated/α-hetero) is 1. The first-order valence-corrected chi connectivity index (χ1v) is 15.3. The topological polar surface area (TPSA) is 17.1 Å². The van der Waals surface area contributed by atoms with E-state index in [4.69, 9.17) is 0 Å². The van der Waals surface area contributed by atoms with Gasteiger partial charge in [0, 0.05) is 12.8 Å². The van der Waals surface area contributed by atoms with Crippen LogP contribution in [0.4, 0.5) is 0 Å². The van der Waals surface area contributed by atoms with E-state index in [1.165, 1.54) is 49.8 Å². The van der Waals surface area contributed by atoms with Crippen LogP contribution in [0.25, 0.3) is 22.3 Å². The quantitative estimate of drug-likeness (QED) is 0.319. The van der Waals surface area contributed by atoms with Gasteiger partial charge in [-0.1, -0.05) is 104 Å². The van der Waals surface area contributed by atoms with Gasteiger partial charge in [-0.2, -0.15) is 0 Å². The second-order valence-corrected chi connectivity index (χ2v) is 15.9. The number of aryl methyl sites for hydroxylation is 4. The van der Waals surface area contributed by atoms with Crippen molar-refractivity contribution >= 4 is 19.0 Å². The Morgan fingerprint density at radius 2 is 0.919 bits per heavy atom. The van der Waals surface area contributed by atoms with Crippen LogP contribution in [0.1, 0.15) is 76.6 Å². The fourth-order valence-corrected chi connectivity index (χ4v) is 10.8. The molecule has 2 atom stereocenters. The lowest BCUT2D eigenvalue weighted by Gasteiger charge is -2.50. The van der Waals surface area contributed by atoms with Crippen molar-refractivity contribution in [3.05, 3.63) is 76.9 Å². The standard InChI is InChI=1S/C35H45OP/c1-22-14-11-15-23(2)31(22)27-18-13-19-28(32-24(3)16-12-17-25(32)4)33(27)37-29(34(5,6)7)20-26(36)21-30(37)35(8,9)10/h11-19,29-30H,20-21H2,1-10H3. The maximum Gasteiger partial charge on any atom is 0.134 e. The first-order chi connectivity index (χ1) is 17.2. The number of hydrogen-bond donors (Lipinski definition) is 0. The Morgan fingerprint density at radius 3 is 1.24 bits per heavy atom. The Kier molecular flexibility index (Phi) is 7.62. The molecule has 4 rings (SSSR count). The molecule has 0 spiro atoms. The van der Waals surface area contributed by atoms with Gasteiger partial charge < -0.3 is 0 Å².